The highest BCUT2D eigenvalue weighted by Crippen LogP contribution is 2.03. The number of hydrogen-bond acceptors (Lipinski definition) is 4. The van der Waals surface area contributed by atoms with E-state index in [1.807, 2.05) is 37.3 Å². The Morgan fingerprint density at radius 3 is 2.75 bits per heavy atom. The van der Waals surface area contributed by atoms with Gasteiger partial charge < -0.3 is 5.73 Å². The molecule has 0 saturated carbocycles. The zero-order valence-electron chi connectivity index (χ0n) is 13.1. The smallest absolute Gasteiger partial charge is 0.353 e. The molecule has 0 bridgehead atoms. The van der Waals surface area contributed by atoms with Gasteiger partial charge in [0.05, 0.1) is 11.9 Å². The highest BCUT2D eigenvalue weighted by atomic mass is 35.5. The molecule has 0 aliphatic rings. The molecule has 0 saturated heterocycles. The molecule has 2 heterocycles. The van der Waals surface area contributed by atoms with Gasteiger partial charge in [0, 0.05) is 10.3 Å². The van der Waals surface area contributed by atoms with Crippen molar-refractivity contribution in [2.45, 2.75) is 13.5 Å². The molecular formula is C17H16ClN5O. The minimum absolute atomic E-state index is 0.0491. The molecule has 2 N–H and O–H groups in total. The Bertz CT molecular complexity index is 1100. The fraction of sp³-hybridized carbons (Fsp3) is 0.118. The number of halogens is 1. The van der Waals surface area contributed by atoms with Crippen molar-refractivity contribution in [2.24, 2.45) is 0 Å². The zero-order valence-corrected chi connectivity index (χ0v) is 13.9. The number of aromatic nitrogens is 4. The molecule has 2 aromatic heterocycles. The summed E-state index contributed by atoms with van der Waals surface area (Å²) in [7, 11) is 0. The van der Waals surface area contributed by atoms with Crippen molar-refractivity contribution in [1.29, 1.82) is 0 Å². The monoisotopic (exact) mass is 341 g/mol. The van der Waals surface area contributed by atoms with Crippen LogP contribution in [0.25, 0.3) is 18.3 Å². The molecule has 122 valence electrons. The molecule has 0 aliphatic heterocycles. The number of rotatable bonds is 3. The van der Waals surface area contributed by atoms with Gasteiger partial charge in [0.15, 0.2) is 5.65 Å². The van der Waals surface area contributed by atoms with Gasteiger partial charge in [-0.3, -0.25) is 0 Å². The summed E-state index contributed by atoms with van der Waals surface area (Å²) in [6.45, 7) is 6.02. The lowest BCUT2D eigenvalue weighted by Gasteiger charge is -1.98. The Morgan fingerprint density at radius 2 is 2.08 bits per heavy atom. The van der Waals surface area contributed by atoms with Gasteiger partial charge in [0.25, 0.3) is 0 Å². The zero-order chi connectivity index (χ0) is 17.3. The van der Waals surface area contributed by atoms with Gasteiger partial charge in [-0.25, -0.2) is 18.9 Å². The quantitative estimate of drug-likeness (QED) is 0.766. The van der Waals surface area contributed by atoms with Crippen LogP contribution in [0.3, 0.4) is 0 Å². The van der Waals surface area contributed by atoms with Crippen molar-refractivity contribution >= 4 is 35.9 Å². The minimum atomic E-state index is -0.356. The van der Waals surface area contributed by atoms with Crippen LogP contribution in [-0.2, 0) is 6.54 Å². The van der Waals surface area contributed by atoms with Crippen LogP contribution in [-0.4, -0.2) is 19.2 Å². The van der Waals surface area contributed by atoms with Crippen molar-refractivity contribution < 1.29 is 0 Å². The lowest BCUT2D eigenvalue weighted by Crippen LogP contribution is -2.33. The van der Waals surface area contributed by atoms with Gasteiger partial charge in [-0.05, 0) is 18.6 Å². The van der Waals surface area contributed by atoms with Crippen LogP contribution in [0.2, 0.25) is 0 Å². The first-order valence-corrected chi connectivity index (χ1v) is 7.70. The van der Waals surface area contributed by atoms with Gasteiger partial charge in [-0.2, -0.15) is 0 Å². The second kappa shape index (κ2) is 6.33. The Morgan fingerprint density at radius 1 is 1.38 bits per heavy atom. The van der Waals surface area contributed by atoms with Crippen LogP contribution < -0.4 is 22.0 Å². The molecule has 0 fully saturated rings. The molecule has 24 heavy (non-hydrogen) atoms. The molecule has 0 spiro atoms. The lowest BCUT2D eigenvalue weighted by atomic mass is 10.2. The van der Waals surface area contributed by atoms with Crippen LogP contribution >= 0.6 is 11.6 Å². The van der Waals surface area contributed by atoms with Crippen molar-refractivity contribution in [3.05, 3.63) is 68.1 Å². The molecule has 0 aliphatic carbocycles. The molecule has 1 aromatic carbocycles. The number of nitrogen functional groups attached to an aromatic ring is 1. The van der Waals surface area contributed by atoms with E-state index in [4.69, 9.17) is 17.3 Å². The Labute approximate surface area is 142 Å². The Balaban J connectivity index is 2.29. The third-order valence-electron chi connectivity index (χ3n) is 3.60. The standard InChI is InChI=1S/C17H16ClN5O/c1-3-13(18)9-14-11(2)20-16(19)23-15(14)21-22(17(23)24)10-12-7-5-4-6-8-12/h3-9H,2,10H2,1H3,(H2,19,20)/b13-3+,14-9+. The van der Waals surface area contributed by atoms with E-state index in [1.165, 1.54) is 9.08 Å². The second-order valence-corrected chi connectivity index (χ2v) is 5.67. The molecule has 3 rings (SSSR count). The number of nitrogens with two attached hydrogens (primary N) is 1. The largest absolute Gasteiger partial charge is 0.369 e. The Kier molecular flexibility index (Phi) is 4.22. The van der Waals surface area contributed by atoms with E-state index >= 15 is 0 Å². The SMILES string of the molecule is C=c1nc(N)n2c(=O)n(Cc3ccccc3)nc2/c1=C/C(Cl)=C\C. The van der Waals surface area contributed by atoms with Gasteiger partial charge in [0.1, 0.15) is 0 Å². The van der Waals surface area contributed by atoms with E-state index in [-0.39, 0.29) is 11.6 Å². The van der Waals surface area contributed by atoms with Gasteiger partial charge in [-0.1, -0.05) is 54.6 Å². The maximum atomic E-state index is 12.6. The van der Waals surface area contributed by atoms with Crippen molar-refractivity contribution in [1.82, 2.24) is 19.2 Å². The van der Waals surface area contributed by atoms with E-state index in [9.17, 15) is 4.79 Å². The first kappa shape index (κ1) is 16.0. The maximum absolute atomic E-state index is 12.6. The van der Waals surface area contributed by atoms with E-state index in [2.05, 4.69) is 16.7 Å². The van der Waals surface area contributed by atoms with Crippen LogP contribution in [0.4, 0.5) is 5.95 Å². The van der Waals surface area contributed by atoms with Gasteiger partial charge in [-0.15, -0.1) is 5.10 Å². The summed E-state index contributed by atoms with van der Waals surface area (Å²) in [5.41, 5.74) is 6.88. The second-order valence-electron chi connectivity index (χ2n) is 5.23. The molecule has 6 nitrogen and oxygen atoms in total. The number of hydrogen-bond donors (Lipinski definition) is 1. The van der Waals surface area contributed by atoms with Crippen LogP contribution in [0, 0.1) is 0 Å². The molecule has 0 radical (unpaired) electrons. The molecule has 0 unspecified atom stereocenters. The van der Waals surface area contributed by atoms with Gasteiger partial charge >= 0.3 is 5.69 Å². The molecule has 7 heteroatoms. The number of benzene rings is 1. The summed E-state index contributed by atoms with van der Waals surface area (Å²) in [6, 6.07) is 9.58. The fourth-order valence-corrected chi connectivity index (χ4v) is 2.50. The van der Waals surface area contributed by atoms with E-state index in [0.717, 1.165) is 5.56 Å². The first-order chi connectivity index (χ1) is 11.5. The summed E-state index contributed by atoms with van der Waals surface area (Å²) in [5.74, 6) is 0.0491. The van der Waals surface area contributed by atoms with E-state index < -0.39 is 0 Å². The summed E-state index contributed by atoms with van der Waals surface area (Å²) >= 11 is 6.09. The first-order valence-electron chi connectivity index (χ1n) is 7.32. The van der Waals surface area contributed by atoms with Gasteiger partial charge in [0.2, 0.25) is 5.95 Å². The fourth-order valence-electron chi connectivity index (χ4n) is 2.39. The lowest BCUT2D eigenvalue weighted by molar-refractivity contribution is 0.659. The summed E-state index contributed by atoms with van der Waals surface area (Å²) in [5, 5.41) is 5.88. The van der Waals surface area contributed by atoms with Crippen LogP contribution in [0.5, 0.6) is 0 Å². The maximum Gasteiger partial charge on any atom is 0.353 e. The third-order valence-corrected chi connectivity index (χ3v) is 3.93. The average molecular weight is 342 g/mol. The number of allylic oxidation sites excluding steroid dienone is 2. The van der Waals surface area contributed by atoms with Crippen LogP contribution in [0.1, 0.15) is 12.5 Å². The number of nitrogens with zero attached hydrogens (tertiary/aromatic N) is 4. The van der Waals surface area contributed by atoms with Crippen molar-refractivity contribution in [2.75, 3.05) is 5.73 Å². The van der Waals surface area contributed by atoms with E-state index in [0.29, 0.717) is 27.8 Å². The molecular weight excluding hydrogens is 326 g/mol. The highest BCUT2D eigenvalue weighted by Gasteiger charge is 2.12. The van der Waals surface area contributed by atoms with E-state index in [1.54, 1.807) is 12.2 Å². The molecule has 0 amide bonds. The normalized spacial score (nSPS) is 12.9. The topological polar surface area (TPSA) is 78.2 Å². The molecule has 3 aromatic rings. The minimum Gasteiger partial charge on any atom is -0.369 e. The third kappa shape index (κ3) is 2.83. The summed E-state index contributed by atoms with van der Waals surface area (Å²) in [4.78, 5) is 16.8. The highest BCUT2D eigenvalue weighted by molar-refractivity contribution is 6.34. The number of fused-ring (bicyclic) bond motifs is 1. The van der Waals surface area contributed by atoms with Crippen molar-refractivity contribution in [3.8, 4) is 0 Å². The predicted octanol–water partition coefficient (Wildman–Crippen LogP) is 0.855. The Hall–Kier alpha value is -2.86. The number of anilines is 1. The molecule has 0 atom stereocenters. The average Bonchev–Trinajstić information content (AvgIpc) is 2.89. The summed E-state index contributed by atoms with van der Waals surface area (Å²) in [6.07, 6.45) is 3.40. The van der Waals surface area contributed by atoms with Crippen molar-refractivity contribution in [3.63, 3.8) is 0 Å². The predicted molar refractivity (Wildman–Crippen MR) is 96.1 cm³/mol. The summed E-state index contributed by atoms with van der Waals surface area (Å²) < 4.78 is 2.62. The van der Waals surface area contributed by atoms with Crippen LogP contribution in [0.15, 0.2) is 46.2 Å².